The highest BCUT2D eigenvalue weighted by atomic mass is 32.2. The highest BCUT2D eigenvalue weighted by Crippen LogP contribution is 2.54. The molecule has 1 amide bonds. The van der Waals surface area contributed by atoms with Crippen molar-refractivity contribution in [3.8, 4) is 0 Å². The maximum absolute atomic E-state index is 12.5. The largest absolute Gasteiger partial charge is 0.477 e. The second-order valence-electron chi connectivity index (χ2n) is 8.38. The maximum atomic E-state index is 12.5. The fourth-order valence-corrected chi connectivity index (χ4v) is 6.92. The van der Waals surface area contributed by atoms with Gasteiger partial charge in [-0.3, -0.25) is 10.2 Å². The Morgan fingerprint density at radius 2 is 2.14 bits per heavy atom. The minimum Gasteiger partial charge on any atom is -0.477 e. The number of hydrogen-bond acceptors (Lipinski definition) is 5. The number of carbonyl (C=O) groups excluding carboxylic acids is 1. The number of aliphatic hydroxyl groups excluding tert-OH is 1. The first-order valence-electron chi connectivity index (χ1n) is 10.00. The summed E-state index contributed by atoms with van der Waals surface area (Å²) < 4.78 is 0. The molecule has 0 spiro atoms. The number of fused-ring (bicyclic) bond motifs is 3. The number of hydrogen-bond donors (Lipinski definition) is 4. The molecule has 2 saturated heterocycles. The summed E-state index contributed by atoms with van der Waals surface area (Å²) in [5.41, 5.74) is 6.68. The molecule has 4 rings (SSSR count). The molecule has 4 aliphatic rings. The first-order chi connectivity index (χ1) is 13.3. The van der Waals surface area contributed by atoms with Gasteiger partial charge in [0.05, 0.1) is 18.1 Å². The van der Waals surface area contributed by atoms with E-state index in [1.54, 1.807) is 6.92 Å². The van der Waals surface area contributed by atoms with Crippen LogP contribution in [0, 0.1) is 23.2 Å². The van der Waals surface area contributed by atoms with Crippen LogP contribution in [0.15, 0.2) is 11.3 Å². The number of carboxylic acid groups (broad SMARTS) is 1. The Labute approximate surface area is 168 Å². The zero-order valence-corrected chi connectivity index (χ0v) is 16.8. The first-order valence-corrected chi connectivity index (χ1v) is 11.0. The standard InChI is InChI=1S/C19H28N4O4S/c1-9(24)13-15-12-4-2-3-10(8-28-11-5-6-22(7-11)19(20)21)14(12)16(18(26)27)23(15)17(13)25/h9-13,15,24H,2-8H2,1H3,(H3,20,21)(H,26,27)/t9-,10+,11+,12+,13-,15-/m1/s1. The van der Waals surface area contributed by atoms with Gasteiger partial charge in [0.25, 0.3) is 0 Å². The van der Waals surface area contributed by atoms with E-state index >= 15 is 0 Å². The van der Waals surface area contributed by atoms with Crippen molar-refractivity contribution in [2.24, 2.45) is 23.5 Å². The summed E-state index contributed by atoms with van der Waals surface area (Å²) in [7, 11) is 0. The van der Waals surface area contributed by atoms with Gasteiger partial charge >= 0.3 is 5.97 Å². The quantitative estimate of drug-likeness (QED) is 0.299. The number of carboxylic acids is 1. The summed E-state index contributed by atoms with van der Waals surface area (Å²) >= 11 is 1.83. The van der Waals surface area contributed by atoms with E-state index in [2.05, 4.69) is 0 Å². The Morgan fingerprint density at radius 1 is 1.39 bits per heavy atom. The number of carbonyl (C=O) groups is 2. The predicted molar refractivity (Wildman–Crippen MR) is 106 cm³/mol. The molecule has 1 saturated carbocycles. The maximum Gasteiger partial charge on any atom is 0.352 e. The normalized spacial score (nSPS) is 35.5. The van der Waals surface area contributed by atoms with Crippen LogP contribution in [0.4, 0.5) is 0 Å². The van der Waals surface area contributed by atoms with E-state index in [4.69, 9.17) is 11.1 Å². The molecule has 9 heteroatoms. The number of aliphatic hydroxyl groups is 1. The van der Waals surface area contributed by atoms with E-state index in [-0.39, 0.29) is 35.4 Å². The molecule has 3 fully saturated rings. The minimum absolute atomic E-state index is 0.0556. The zero-order chi connectivity index (χ0) is 20.2. The van der Waals surface area contributed by atoms with Crippen LogP contribution in [-0.4, -0.2) is 74.1 Å². The number of nitrogens with two attached hydrogens (primary N) is 1. The van der Waals surface area contributed by atoms with Crippen LogP contribution in [0.2, 0.25) is 0 Å². The molecule has 5 N–H and O–H groups in total. The molecule has 3 heterocycles. The average Bonchev–Trinajstić information content (AvgIpc) is 3.21. The zero-order valence-electron chi connectivity index (χ0n) is 16.0. The van der Waals surface area contributed by atoms with Gasteiger partial charge in [-0.2, -0.15) is 11.8 Å². The van der Waals surface area contributed by atoms with Crippen LogP contribution in [0.25, 0.3) is 0 Å². The third kappa shape index (κ3) is 2.99. The summed E-state index contributed by atoms with van der Waals surface area (Å²) in [5, 5.41) is 27.8. The fraction of sp³-hybridized carbons (Fsp3) is 0.737. The molecule has 6 atom stereocenters. The lowest BCUT2D eigenvalue weighted by atomic mass is 9.70. The lowest BCUT2D eigenvalue weighted by Gasteiger charge is -2.47. The van der Waals surface area contributed by atoms with Gasteiger partial charge in [0.15, 0.2) is 5.96 Å². The average molecular weight is 409 g/mol. The van der Waals surface area contributed by atoms with Crippen molar-refractivity contribution in [1.29, 1.82) is 5.41 Å². The third-order valence-electron chi connectivity index (χ3n) is 6.76. The number of nitrogens with one attached hydrogen (secondary N) is 1. The summed E-state index contributed by atoms with van der Waals surface area (Å²) in [4.78, 5) is 27.9. The molecule has 0 radical (unpaired) electrons. The number of β-lactam (4-membered cyclic amide) rings is 1. The third-order valence-corrected chi connectivity index (χ3v) is 8.21. The molecule has 0 aromatic rings. The van der Waals surface area contributed by atoms with E-state index in [0.717, 1.165) is 50.1 Å². The minimum atomic E-state index is -1.03. The molecule has 0 aromatic heterocycles. The van der Waals surface area contributed by atoms with Crippen molar-refractivity contribution in [2.75, 3.05) is 18.8 Å². The second kappa shape index (κ2) is 7.26. The van der Waals surface area contributed by atoms with Crippen LogP contribution < -0.4 is 5.73 Å². The lowest BCUT2D eigenvalue weighted by molar-refractivity contribution is -0.163. The SMILES string of the molecule is C[C@@H](O)[C@H]1C(=O)N2C(C(=O)O)=C3[C@H](CS[C@H]4CCN(C(=N)N)C4)CCC[C@@H]3[C@H]12. The lowest BCUT2D eigenvalue weighted by Crippen LogP contribution is -2.64. The van der Waals surface area contributed by atoms with Crippen LogP contribution in [0.1, 0.15) is 32.6 Å². The fourth-order valence-electron chi connectivity index (χ4n) is 5.51. The van der Waals surface area contributed by atoms with Crippen LogP contribution >= 0.6 is 11.8 Å². The number of amides is 1. The number of likely N-dealkylation sites (tertiary alicyclic amines) is 1. The number of nitrogens with zero attached hydrogens (tertiary/aromatic N) is 2. The van der Waals surface area contributed by atoms with Gasteiger partial charge in [0.1, 0.15) is 5.70 Å². The number of rotatable bonds is 5. The smallest absolute Gasteiger partial charge is 0.352 e. The molecule has 154 valence electrons. The van der Waals surface area contributed by atoms with Gasteiger partial charge in [0, 0.05) is 30.0 Å². The van der Waals surface area contributed by atoms with Crippen molar-refractivity contribution < 1.29 is 19.8 Å². The van der Waals surface area contributed by atoms with Gasteiger partial charge in [-0.25, -0.2) is 4.79 Å². The molecule has 8 nitrogen and oxygen atoms in total. The first kappa shape index (κ1) is 19.6. The molecular formula is C19H28N4O4S. The monoisotopic (exact) mass is 408 g/mol. The molecule has 3 aliphatic heterocycles. The van der Waals surface area contributed by atoms with Crippen molar-refractivity contribution in [1.82, 2.24) is 9.80 Å². The Balaban J connectivity index is 1.52. The summed E-state index contributed by atoms with van der Waals surface area (Å²) in [6.07, 6.45) is 3.05. The molecular weight excluding hydrogens is 380 g/mol. The van der Waals surface area contributed by atoms with Crippen molar-refractivity contribution in [3.63, 3.8) is 0 Å². The number of aliphatic carboxylic acids is 1. The summed E-state index contributed by atoms with van der Waals surface area (Å²) in [6, 6.07) is -0.193. The topological polar surface area (TPSA) is 131 Å². The summed E-state index contributed by atoms with van der Waals surface area (Å²) in [5.74, 6) is -0.622. The molecule has 0 unspecified atom stereocenters. The molecule has 0 bridgehead atoms. The second-order valence-corrected chi connectivity index (χ2v) is 9.72. The van der Waals surface area contributed by atoms with Gasteiger partial charge in [-0.05, 0) is 37.7 Å². The predicted octanol–water partition coefficient (Wildman–Crippen LogP) is 0.664. The Morgan fingerprint density at radius 3 is 2.75 bits per heavy atom. The number of thioether (sulfide) groups is 1. The van der Waals surface area contributed by atoms with E-state index in [1.165, 1.54) is 4.90 Å². The van der Waals surface area contributed by atoms with Crippen molar-refractivity contribution in [3.05, 3.63) is 11.3 Å². The molecule has 1 aliphatic carbocycles. The van der Waals surface area contributed by atoms with Crippen LogP contribution in [0.3, 0.4) is 0 Å². The van der Waals surface area contributed by atoms with Gasteiger partial charge in [0.2, 0.25) is 5.91 Å². The van der Waals surface area contributed by atoms with E-state index in [1.807, 2.05) is 16.7 Å². The van der Waals surface area contributed by atoms with E-state index in [9.17, 15) is 19.8 Å². The van der Waals surface area contributed by atoms with Crippen LogP contribution in [-0.2, 0) is 9.59 Å². The summed E-state index contributed by atoms with van der Waals surface area (Å²) in [6.45, 7) is 3.18. The van der Waals surface area contributed by atoms with Crippen LogP contribution in [0.5, 0.6) is 0 Å². The van der Waals surface area contributed by atoms with Gasteiger partial charge in [-0.15, -0.1) is 0 Å². The van der Waals surface area contributed by atoms with E-state index < -0.39 is 18.0 Å². The Kier molecular flexibility index (Phi) is 5.07. The van der Waals surface area contributed by atoms with Gasteiger partial charge < -0.3 is 25.7 Å². The highest BCUT2D eigenvalue weighted by Gasteiger charge is 2.62. The van der Waals surface area contributed by atoms with Crippen molar-refractivity contribution in [2.45, 2.75) is 50.0 Å². The molecule has 0 aromatic carbocycles. The highest BCUT2D eigenvalue weighted by molar-refractivity contribution is 7.99. The number of guanidine groups is 1. The Hall–Kier alpha value is -1.74. The Bertz CT molecular complexity index is 739. The van der Waals surface area contributed by atoms with Gasteiger partial charge in [-0.1, -0.05) is 6.42 Å². The van der Waals surface area contributed by atoms with Crippen molar-refractivity contribution >= 4 is 29.6 Å². The van der Waals surface area contributed by atoms with E-state index in [0.29, 0.717) is 5.25 Å². The molecule has 28 heavy (non-hydrogen) atoms.